The predicted molar refractivity (Wildman–Crippen MR) is 245 cm³/mol. The van der Waals surface area contributed by atoms with Crippen LogP contribution in [-0.4, -0.2) is 83.9 Å². The Morgan fingerprint density at radius 3 is 2.30 bits per heavy atom. The van der Waals surface area contributed by atoms with E-state index in [1.165, 1.54) is 0 Å². The topological polar surface area (TPSA) is 135 Å². The first-order valence-electron chi connectivity index (χ1n) is 21.8. The van der Waals surface area contributed by atoms with Crippen molar-refractivity contribution in [3.8, 4) is 5.75 Å². The first kappa shape index (κ1) is 45.0. The van der Waals surface area contributed by atoms with E-state index in [9.17, 15) is 4.79 Å². The van der Waals surface area contributed by atoms with Gasteiger partial charge in [0.15, 0.2) is 19.8 Å². The number of piperazine rings is 1. The predicted octanol–water partition coefficient (Wildman–Crippen LogP) is 9.22. The molecule has 2 amide bonds. The molecular weight excluding hydrogens is 767 g/mol. The summed E-state index contributed by atoms with van der Waals surface area (Å²) in [5.41, 5.74) is 13.1. The average Bonchev–Trinajstić information content (AvgIpc) is 3.58. The Hall–Kier alpha value is -4.56. The van der Waals surface area contributed by atoms with E-state index < -0.39 is 8.32 Å². The molecule has 1 unspecified atom stereocenters. The van der Waals surface area contributed by atoms with Crippen molar-refractivity contribution in [2.24, 2.45) is 16.1 Å². The molecule has 0 saturated carbocycles. The highest BCUT2D eigenvalue weighted by Gasteiger charge is 2.45. The molecule has 1 aliphatic heterocycles. The second-order valence-electron chi connectivity index (χ2n) is 18.9. The number of ether oxygens (including phenoxy) is 1. The number of pyridine rings is 1. The maximum Gasteiger partial charge on any atom is 0.320 e. The molecule has 4 aromatic rings. The zero-order chi connectivity index (χ0) is 43.4. The summed E-state index contributed by atoms with van der Waals surface area (Å²) in [6.45, 7) is 26.5. The SMILES string of the molecule is Cc1ccc(N=C(C=C(N)C(C)(C)C)NC(=O)N[C@H]2CC[C@@H](Oc3ccc4nnc(CN5CCN(C)C(CO[Si](C(C)C)(C(C)C)C(C)C)C5)n4c3)c3ccccc32)cc1. The van der Waals surface area contributed by atoms with E-state index in [1.807, 2.05) is 82.4 Å². The number of aryl methyl sites for hydroxylation is 1. The van der Waals surface area contributed by atoms with Gasteiger partial charge in [0.2, 0.25) is 0 Å². The molecule has 0 bridgehead atoms. The first-order valence-corrected chi connectivity index (χ1v) is 23.9. The number of benzene rings is 2. The van der Waals surface area contributed by atoms with Gasteiger partial charge in [-0.1, -0.05) is 104 Å². The molecule has 3 heterocycles. The largest absolute Gasteiger partial charge is 0.484 e. The van der Waals surface area contributed by atoms with Gasteiger partial charge in [0.1, 0.15) is 17.7 Å². The minimum atomic E-state index is -1.97. The van der Waals surface area contributed by atoms with Crippen LogP contribution in [0.1, 0.15) is 110 Å². The van der Waals surface area contributed by atoms with Crippen molar-refractivity contribution in [1.82, 2.24) is 35.0 Å². The molecule has 1 saturated heterocycles. The van der Waals surface area contributed by atoms with Crippen molar-refractivity contribution in [2.45, 2.75) is 123 Å². The van der Waals surface area contributed by atoms with Gasteiger partial charge in [-0.3, -0.25) is 19.5 Å². The number of amidine groups is 1. The normalized spacial score (nSPS) is 19.9. The lowest BCUT2D eigenvalue weighted by Gasteiger charge is -2.45. The Balaban J connectivity index is 1.13. The van der Waals surface area contributed by atoms with Gasteiger partial charge in [0, 0.05) is 42.9 Å². The van der Waals surface area contributed by atoms with Crippen LogP contribution < -0.4 is 21.1 Å². The van der Waals surface area contributed by atoms with Crippen LogP contribution in [0.4, 0.5) is 10.5 Å². The maximum atomic E-state index is 13.6. The number of aromatic nitrogens is 3. The fraction of sp³-hybridized carbons (Fsp3) is 0.532. The van der Waals surface area contributed by atoms with Gasteiger partial charge in [-0.15, -0.1) is 10.2 Å². The standard InChI is InChI=1S/C47H69N9O3Si/c1-31(2)60(32(3)4,33(5)6)58-30-36-27-55(25-24-54(36)11)29-45-53-52-44-23-20-37(28-56(44)45)59-41-22-21-40(38-14-12-13-15-39(38)41)50-46(57)51-43(26-42(48)47(8,9)10)49-35-18-16-34(7)17-19-35/h12-20,23,26,28,31-33,36,40-41H,21-22,24-25,27,29-30,48H2,1-11H3,(H2,49,50,51,57)/t36?,40-,41+/m0/s1. The van der Waals surface area contributed by atoms with Crippen molar-refractivity contribution in [3.63, 3.8) is 0 Å². The molecule has 13 heteroatoms. The minimum absolute atomic E-state index is 0.190. The molecule has 3 atom stereocenters. The molecule has 324 valence electrons. The summed E-state index contributed by atoms with van der Waals surface area (Å²) in [6.07, 6.45) is 4.98. The Kier molecular flexibility index (Phi) is 14.2. The van der Waals surface area contributed by atoms with Gasteiger partial charge in [0.25, 0.3) is 0 Å². The maximum absolute atomic E-state index is 13.6. The summed E-state index contributed by atoms with van der Waals surface area (Å²) in [4.78, 5) is 23.3. The van der Waals surface area contributed by atoms with Crippen molar-refractivity contribution in [3.05, 3.63) is 101 Å². The van der Waals surface area contributed by atoms with Crippen molar-refractivity contribution >= 4 is 31.5 Å². The summed E-state index contributed by atoms with van der Waals surface area (Å²) in [5, 5.41) is 15.3. The molecule has 12 nitrogen and oxygen atoms in total. The fourth-order valence-corrected chi connectivity index (χ4v) is 14.6. The number of nitrogens with one attached hydrogen (secondary N) is 2. The third-order valence-electron chi connectivity index (χ3n) is 12.6. The molecule has 1 aliphatic carbocycles. The van der Waals surface area contributed by atoms with E-state index in [0.717, 1.165) is 72.3 Å². The Bertz CT molecular complexity index is 2120. The number of aliphatic imine (C=N–C) groups is 1. The average molecular weight is 836 g/mol. The third-order valence-corrected chi connectivity index (χ3v) is 18.7. The van der Waals surface area contributed by atoms with E-state index in [0.29, 0.717) is 47.2 Å². The van der Waals surface area contributed by atoms with Gasteiger partial charge < -0.3 is 20.2 Å². The number of carbonyl (C=O) groups is 1. The van der Waals surface area contributed by atoms with Crippen LogP contribution in [0, 0.1) is 12.3 Å². The number of nitrogens with zero attached hydrogens (tertiary/aromatic N) is 6. The first-order chi connectivity index (χ1) is 28.4. The second kappa shape index (κ2) is 19.0. The molecular formula is C47H69N9O3Si. The molecule has 2 aromatic heterocycles. The van der Waals surface area contributed by atoms with Gasteiger partial charge in [-0.2, -0.15) is 0 Å². The van der Waals surface area contributed by atoms with Crippen LogP contribution in [0.25, 0.3) is 5.65 Å². The van der Waals surface area contributed by atoms with Crippen LogP contribution in [0.15, 0.2) is 83.6 Å². The van der Waals surface area contributed by atoms with Crippen LogP contribution in [0.5, 0.6) is 5.75 Å². The third kappa shape index (κ3) is 10.5. The monoisotopic (exact) mass is 836 g/mol. The number of nitrogens with two attached hydrogens (primary N) is 1. The smallest absolute Gasteiger partial charge is 0.320 e. The second-order valence-corrected chi connectivity index (χ2v) is 24.3. The molecule has 6 rings (SSSR count). The Labute approximate surface area is 359 Å². The summed E-state index contributed by atoms with van der Waals surface area (Å²) < 4.78 is 15.9. The van der Waals surface area contributed by atoms with Crippen LogP contribution in [-0.2, 0) is 11.0 Å². The van der Waals surface area contributed by atoms with E-state index in [-0.39, 0.29) is 23.6 Å². The number of carbonyl (C=O) groups excluding carboxylic acids is 1. The number of hydrogen-bond acceptors (Lipinski definition) is 9. The molecule has 4 N–H and O–H groups in total. The van der Waals surface area contributed by atoms with E-state index in [2.05, 4.69) is 95.8 Å². The van der Waals surface area contributed by atoms with E-state index in [1.54, 1.807) is 6.08 Å². The highest BCUT2D eigenvalue weighted by Crippen LogP contribution is 2.43. The van der Waals surface area contributed by atoms with Crippen LogP contribution in [0.2, 0.25) is 16.6 Å². The minimum Gasteiger partial charge on any atom is -0.484 e. The van der Waals surface area contributed by atoms with Crippen molar-refractivity contribution < 1.29 is 14.0 Å². The number of urea groups is 1. The summed E-state index contributed by atoms with van der Waals surface area (Å²) in [7, 11) is 0.257. The molecule has 60 heavy (non-hydrogen) atoms. The molecule has 2 aliphatic rings. The number of rotatable bonds is 13. The number of amides is 2. The van der Waals surface area contributed by atoms with Crippen molar-refractivity contribution in [2.75, 3.05) is 33.3 Å². The van der Waals surface area contributed by atoms with Gasteiger partial charge in [-0.05, 0) is 78.8 Å². The highest BCUT2D eigenvalue weighted by molar-refractivity contribution is 6.77. The summed E-state index contributed by atoms with van der Waals surface area (Å²) in [6, 6.07) is 19.7. The Morgan fingerprint density at radius 1 is 0.950 bits per heavy atom. The summed E-state index contributed by atoms with van der Waals surface area (Å²) >= 11 is 0. The van der Waals surface area contributed by atoms with Gasteiger partial charge in [-0.25, -0.2) is 9.79 Å². The van der Waals surface area contributed by atoms with E-state index in [4.69, 9.17) is 19.9 Å². The summed E-state index contributed by atoms with van der Waals surface area (Å²) in [5.74, 6) is 2.01. The molecule has 2 aromatic carbocycles. The van der Waals surface area contributed by atoms with Gasteiger partial charge in [0.05, 0.1) is 31.1 Å². The zero-order valence-electron chi connectivity index (χ0n) is 37.8. The molecule has 0 spiro atoms. The number of fused-ring (bicyclic) bond motifs is 2. The van der Waals surface area contributed by atoms with Gasteiger partial charge >= 0.3 is 6.03 Å². The molecule has 0 radical (unpaired) electrons. The number of allylic oxidation sites excluding steroid dienone is 1. The molecule has 1 fully saturated rings. The fourth-order valence-electron chi connectivity index (χ4n) is 9.09. The Morgan fingerprint density at radius 2 is 1.63 bits per heavy atom. The van der Waals surface area contributed by atoms with Crippen LogP contribution in [0.3, 0.4) is 0 Å². The quantitative estimate of drug-likeness (QED) is 0.0690. The van der Waals surface area contributed by atoms with Crippen LogP contribution >= 0.6 is 0 Å². The highest BCUT2D eigenvalue weighted by atomic mass is 28.4. The number of hydrogen-bond donors (Lipinski definition) is 3. The lowest BCUT2D eigenvalue weighted by molar-refractivity contribution is 0.0544. The lowest BCUT2D eigenvalue weighted by atomic mass is 9.85. The van der Waals surface area contributed by atoms with Crippen molar-refractivity contribution in [1.29, 1.82) is 0 Å². The number of likely N-dealkylation sites (N-methyl/N-ethyl adjacent to an activating group) is 1. The van der Waals surface area contributed by atoms with E-state index >= 15 is 0 Å². The lowest BCUT2D eigenvalue weighted by Crippen LogP contribution is -2.56. The zero-order valence-corrected chi connectivity index (χ0v) is 38.8.